The van der Waals surface area contributed by atoms with Gasteiger partial charge in [-0.05, 0) is 30.6 Å². The molecule has 0 spiro atoms. The molecule has 2 fully saturated rings. The van der Waals surface area contributed by atoms with Gasteiger partial charge in [0.15, 0.2) is 0 Å². The molecule has 0 amide bonds. The SMILES string of the molecule is CC1(C)C2CCC1(C)C(OC(=O)CCN)C2. The topological polar surface area (TPSA) is 52.3 Å². The van der Waals surface area contributed by atoms with Gasteiger partial charge in [-0.3, -0.25) is 4.79 Å². The lowest BCUT2D eigenvalue weighted by Gasteiger charge is -2.38. The number of hydrogen-bond donors (Lipinski definition) is 1. The van der Waals surface area contributed by atoms with Gasteiger partial charge in [0.1, 0.15) is 6.10 Å². The Bertz CT molecular complexity index is 300. The van der Waals surface area contributed by atoms with E-state index >= 15 is 0 Å². The van der Waals surface area contributed by atoms with E-state index in [1.165, 1.54) is 12.8 Å². The summed E-state index contributed by atoms with van der Waals surface area (Å²) in [6.07, 6.45) is 3.97. The Labute approximate surface area is 97.7 Å². The summed E-state index contributed by atoms with van der Waals surface area (Å²) in [6.45, 7) is 7.30. The molecule has 16 heavy (non-hydrogen) atoms. The first-order chi connectivity index (χ1) is 7.41. The Morgan fingerprint density at radius 1 is 1.44 bits per heavy atom. The maximum absolute atomic E-state index is 11.5. The normalized spacial score (nSPS) is 40.0. The highest BCUT2D eigenvalue weighted by atomic mass is 16.5. The fourth-order valence-corrected chi connectivity index (χ4v) is 3.64. The van der Waals surface area contributed by atoms with Crippen molar-refractivity contribution >= 4 is 5.97 Å². The Morgan fingerprint density at radius 2 is 2.12 bits per heavy atom. The molecule has 2 aliphatic carbocycles. The van der Waals surface area contributed by atoms with Crippen LogP contribution in [-0.2, 0) is 9.53 Å². The summed E-state index contributed by atoms with van der Waals surface area (Å²) < 4.78 is 5.61. The van der Waals surface area contributed by atoms with Gasteiger partial charge in [-0.25, -0.2) is 0 Å². The second-order valence-corrected chi connectivity index (χ2v) is 6.13. The van der Waals surface area contributed by atoms with Gasteiger partial charge < -0.3 is 10.5 Å². The Morgan fingerprint density at radius 3 is 2.56 bits per heavy atom. The van der Waals surface area contributed by atoms with Crippen LogP contribution in [0.4, 0.5) is 0 Å². The predicted molar refractivity (Wildman–Crippen MR) is 62.8 cm³/mol. The number of fused-ring (bicyclic) bond motifs is 2. The molecular weight excluding hydrogens is 202 g/mol. The van der Waals surface area contributed by atoms with E-state index in [0.717, 1.165) is 6.42 Å². The third kappa shape index (κ3) is 1.48. The van der Waals surface area contributed by atoms with Crippen molar-refractivity contribution in [2.24, 2.45) is 22.5 Å². The molecule has 0 aromatic rings. The van der Waals surface area contributed by atoms with Crippen LogP contribution in [0.5, 0.6) is 0 Å². The van der Waals surface area contributed by atoms with Crippen molar-refractivity contribution in [2.75, 3.05) is 6.54 Å². The van der Waals surface area contributed by atoms with Crippen LogP contribution >= 0.6 is 0 Å². The number of carbonyl (C=O) groups is 1. The molecule has 2 N–H and O–H groups in total. The minimum absolute atomic E-state index is 0.111. The lowest BCUT2D eigenvalue weighted by Crippen LogP contribution is -2.38. The highest BCUT2D eigenvalue weighted by Crippen LogP contribution is 2.66. The number of nitrogens with two attached hydrogens (primary N) is 1. The summed E-state index contributed by atoms with van der Waals surface area (Å²) >= 11 is 0. The maximum atomic E-state index is 11.5. The van der Waals surface area contributed by atoms with E-state index in [0.29, 0.717) is 24.3 Å². The van der Waals surface area contributed by atoms with E-state index < -0.39 is 0 Å². The van der Waals surface area contributed by atoms with Crippen molar-refractivity contribution in [3.8, 4) is 0 Å². The smallest absolute Gasteiger partial charge is 0.307 e. The van der Waals surface area contributed by atoms with E-state index in [-0.39, 0.29) is 17.5 Å². The fourth-order valence-electron chi connectivity index (χ4n) is 3.64. The van der Waals surface area contributed by atoms with E-state index in [2.05, 4.69) is 20.8 Å². The number of hydrogen-bond acceptors (Lipinski definition) is 3. The van der Waals surface area contributed by atoms with Gasteiger partial charge in [0.25, 0.3) is 0 Å². The highest BCUT2D eigenvalue weighted by Gasteiger charge is 2.62. The summed E-state index contributed by atoms with van der Waals surface area (Å²) in [4.78, 5) is 11.5. The lowest BCUT2D eigenvalue weighted by atomic mass is 9.70. The number of rotatable bonds is 3. The molecule has 0 heterocycles. The van der Waals surface area contributed by atoms with Gasteiger partial charge in [0.05, 0.1) is 6.42 Å². The second kappa shape index (κ2) is 3.73. The van der Waals surface area contributed by atoms with Crippen LogP contribution in [0.15, 0.2) is 0 Å². The molecule has 0 aliphatic heterocycles. The van der Waals surface area contributed by atoms with Crippen molar-refractivity contribution in [3.05, 3.63) is 0 Å². The summed E-state index contributed by atoms with van der Waals surface area (Å²) in [7, 11) is 0. The molecule has 2 rings (SSSR count). The van der Waals surface area contributed by atoms with Crippen LogP contribution in [0.3, 0.4) is 0 Å². The molecule has 0 radical (unpaired) electrons. The molecule has 3 atom stereocenters. The Hall–Kier alpha value is -0.570. The molecule has 92 valence electrons. The fraction of sp³-hybridized carbons (Fsp3) is 0.923. The van der Waals surface area contributed by atoms with E-state index in [1.54, 1.807) is 0 Å². The Kier molecular flexibility index (Phi) is 2.77. The monoisotopic (exact) mass is 225 g/mol. The molecule has 0 aromatic carbocycles. The largest absolute Gasteiger partial charge is 0.462 e. The average Bonchev–Trinajstić information content (AvgIpc) is 2.51. The van der Waals surface area contributed by atoms with Gasteiger partial charge in [-0.15, -0.1) is 0 Å². The van der Waals surface area contributed by atoms with Gasteiger partial charge in [0, 0.05) is 12.0 Å². The lowest BCUT2D eigenvalue weighted by molar-refractivity contribution is -0.156. The van der Waals surface area contributed by atoms with Gasteiger partial charge in [-0.2, -0.15) is 0 Å². The van der Waals surface area contributed by atoms with Gasteiger partial charge in [-0.1, -0.05) is 20.8 Å². The summed E-state index contributed by atoms with van der Waals surface area (Å²) in [5.74, 6) is 0.588. The van der Waals surface area contributed by atoms with Gasteiger partial charge in [0.2, 0.25) is 0 Å². The average molecular weight is 225 g/mol. The zero-order valence-electron chi connectivity index (χ0n) is 10.6. The Balaban J connectivity index is 2.07. The first kappa shape index (κ1) is 11.9. The molecular formula is C13H23NO2. The van der Waals surface area contributed by atoms with Gasteiger partial charge >= 0.3 is 5.97 Å². The minimum Gasteiger partial charge on any atom is -0.462 e. The van der Waals surface area contributed by atoms with Crippen LogP contribution in [0, 0.1) is 16.7 Å². The number of ether oxygens (including phenoxy) is 1. The zero-order chi connectivity index (χ0) is 12.0. The van der Waals surface area contributed by atoms with Crippen LogP contribution in [0.2, 0.25) is 0 Å². The third-order valence-corrected chi connectivity index (χ3v) is 5.34. The standard InChI is InChI=1S/C13H23NO2/c1-12(2)9-4-6-13(12,3)10(8-9)16-11(15)5-7-14/h9-10H,4-8,14H2,1-3H3. The van der Waals surface area contributed by atoms with Crippen molar-refractivity contribution in [1.82, 2.24) is 0 Å². The first-order valence-corrected chi connectivity index (χ1v) is 6.31. The molecule has 3 unspecified atom stereocenters. The molecule has 2 saturated carbocycles. The van der Waals surface area contributed by atoms with Crippen LogP contribution in [0.25, 0.3) is 0 Å². The predicted octanol–water partition coefficient (Wildman–Crippen LogP) is 2.09. The highest BCUT2D eigenvalue weighted by molar-refractivity contribution is 5.69. The molecule has 3 heteroatoms. The quantitative estimate of drug-likeness (QED) is 0.748. The maximum Gasteiger partial charge on any atom is 0.307 e. The van der Waals surface area contributed by atoms with E-state index in [4.69, 9.17) is 10.5 Å². The summed E-state index contributed by atoms with van der Waals surface area (Å²) in [6, 6.07) is 0. The summed E-state index contributed by atoms with van der Waals surface area (Å²) in [5, 5.41) is 0. The number of esters is 1. The minimum atomic E-state index is -0.128. The second-order valence-electron chi connectivity index (χ2n) is 6.13. The van der Waals surface area contributed by atoms with E-state index in [1.807, 2.05) is 0 Å². The van der Waals surface area contributed by atoms with Crippen LogP contribution in [-0.4, -0.2) is 18.6 Å². The van der Waals surface area contributed by atoms with Crippen molar-refractivity contribution in [3.63, 3.8) is 0 Å². The number of carbonyl (C=O) groups excluding carboxylic acids is 1. The van der Waals surface area contributed by atoms with E-state index in [9.17, 15) is 4.79 Å². The van der Waals surface area contributed by atoms with Crippen LogP contribution in [0.1, 0.15) is 46.5 Å². The summed E-state index contributed by atoms with van der Waals surface area (Å²) in [5.41, 5.74) is 5.84. The van der Waals surface area contributed by atoms with Crippen molar-refractivity contribution < 1.29 is 9.53 Å². The molecule has 2 aliphatic rings. The van der Waals surface area contributed by atoms with Crippen molar-refractivity contribution in [1.29, 1.82) is 0 Å². The molecule has 3 nitrogen and oxygen atoms in total. The molecule has 0 saturated heterocycles. The van der Waals surface area contributed by atoms with Crippen LogP contribution < -0.4 is 5.73 Å². The molecule has 0 aromatic heterocycles. The molecule has 2 bridgehead atoms. The zero-order valence-corrected chi connectivity index (χ0v) is 10.6. The third-order valence-electron chi connectivity index (χ3n) is 5.34. The van der Waals surface area contributed by atoms with Crippen molar-refractivity contribution in [2.45, 2.75) is 52.6 Å². The first-order valence-electron chi connectivity index (χ1n) is 6.31.